The van der Waals surface area contributed by atoms with Crippen molar-refractivity contribution in [2.75, 3.05) is 0 Å². The number of benzene rings is 2. The molecule has 10 heteroatoms. The monoisotopic (exact) mass is 826 g/mol. The molecule has 0 unspecified atom stereocenters. The first-order valence-corrected chi connectivity index (χ1v) is 17.6. The minimum absolute atomic E-state index is 0.317. The first kappa shape index (κ1) is 35.8. The number of hydrogen-bond acceptors (Lipinski definition) is 6. The molecule has 1 aliphatic heterocycles. The third kappa shape index (κ3) is 9.54. The van der Waals surface area contributed by atoms with Gasteiger partial charge in [-0.1, -0.05) is 54.6 Å². The molecule has 0 atom stereocenters. The summed E-state index contributed by atoms with van der Waals surface area (Å²) in [6.45, 7) is 8.27. The van der Waals surface area contributed by atoms with Gasteiger partial charge in [0.1, 0.15) is 0 Å². The van der Waals surface area contributed by atoms with Crippen LogP contribution in [0.3, 0.4) is 0 Å². The van der Waals surface area contributed by atoms with E-state index in [9.17, 15) is 0 Å². The first-order valence-electron chi connectivity index (χ1n) is 15.2. The molecule has 0 aliphatic carbocycles. The maximum Gasteiger partial charge on any atom is 0.494 e. The third-order valence-corrected chi connectivity index (χ3v) is 9.28. The molecular formula is C38H34BBr3N4O2. The van der Waals surface area contributed by atoms with Crippen molar-refractivity contribution in [2.45, 2.75) is 38.9 Å². The average Bonchev–Trinajstić information content (AvgIpc) is 3.32. The Morgan fingerprint density at radius 3 is 1.38 bits per heavy atom. The highest BCUT2D eigenvalue weighted by Crippen LogP contribution is 2.36. The van der Waals surface area contributed by atoms with Gasteiger partial charge >= 0.3 is 7.12 Å². The molecule has 5 heterocycles. The Morgan fingerprint density at radius 2 is 0.896 bits per heavy atom. The second-order valence-electron chi connectivity index (χ2n) is 12.0. The molecule has 6 nitrogen and oxygen atoms in total. The maximum absolute atomic E-state index is 6.10. The molecule has 2 aromatic carbocycles. The second-order valence-corrected chi connectivity index (χ2v) is 14.7. The summed E-state index contributed by atoms with van der Waals surface area (Å²) in [5.74, 6) is 0. The Labute approximate surface area is 308 Å². The van der Waals surface area contributed by atoms with Gasteiger partial charge < -0.3 is 9.31 Å². The molecule has 4 aromatic heterocycles. The molecule has 48 heavy (non-hydrogen) atoms. The van der Waals surface area contributed by atoms with Crippen LogP contribution in [0.5, 0.6) is 0 Å². The Bertz CT molecular complexity index is 1910. The second kappa shape index (κ2) is 16.2. The molecule has 0 radical (unpaired) electrons. The van der Waals surface area contributed by atoms with Crippen molar-refractivity contribution >= 4 is 60.4 Å². The zero-order valence-corrected chi connectivity index (χ0v) is 31.8. The summed E-state index contributed by atoms with van der Waals surface area (Å²) < 4.78 is 15.2. The smallest absolute Gasteiger partial charge is 0.399 e. The van der Waals surface area contributed by atoms with E-state index in [1.165, 1.54) is 0 Å². The van der Waals surface area contributed by atoms with Crippen LogP contribution >= 0.6 is 47.8 Å². The normalized spacial score (nSPS) is 14.3. The highest BCUT2D eigenvalue weighted by Gasteiger charge is 2.51. The van der Waals surface area contributed by atoms with Gasteiger partial charge in [0.25, 0.3) is 0 Å². The lowest BCUT2D eigenvalue weighted by Gasteiger charge is -2.32. The van der Waals surface area contributed by atoms with E-state index in [4.69, 9.17) is 9.31 Å². The average molecular weight is 829 g/mol. The Balaban J connectivity index is 0.000000154. The fraction of sp³-hybridized carbons (Fsp3) is 0.158. The van der Waals surface area contributed by atoms with Gasteiger partial charge in [0.05, 0.1) is 11.2 Å². The molecule has 1 fully saturated rings. The van der Waals surface area contributed by atoms with Gasteiger partial charge in [-0.25, -0.2) is 0 Å². The van der Waals surface area contributed by atoms with E-state index >= 15 is 0 Å². The van der Waals surface area contributed by atoms with Gasteiger partial charge in [-0.05, 0) is 134 Å². The van der Waals surface area contributed by atoms with Crippen LogP contribution in [0.25, 0.3) is 33.4 Å². The first-order chi connectivity index (χ1) is 23.0. The molecule has 0 bridgehead atoms. The van der Waals surface area contributed by atoms with Crippen LogP contribution in [0.15, 0.2) is 148 Å². The zero-order chi connectivity index (χ0) is 34.1. The fourth-order valence-electron chi connectivity index (χ4n) is 4.75. The Morgan fingerprint density at radius 1 is 0.458 bits per heavy atom. The summed E-state index contributed by atoms with van der Waals surface area (Å²) >= 11 is 9.99. The number of pyridine rings is 4. The zero-order valence-electron chi connectivity index (χ0n) is 27.0. The topological polar surface area (TPSA) is 70.0 Å². The summed E-state index contributed by atoms with van der Waals surface area (Å²) in [5.41, 5.74) is 7.14. The Hall–Kier alpha value is -3.54. The van der Waals surface area contributed by atoms with Crippen LogP contribution in [0.4, 0.5) is 0 Å². The molecule has 0 spiro atoms. The highest BCUT2D eigenvalue weighted by molar-refractivity contribution is 9.11. The number of hydrogen-bond donors (Lipinski definition) is 0. The van der Waals surface area contributed by atoms with Crippen LogP contribution in [0, 0.1) is 0 Å². The highest BCUT2D eigenvalue weighted by atomic mass is 79.9. The molecule has 242 valence electrons. The largest absolute Gasteiger partial charge is 0.494 e. The van der Waals surface area contributed by atoms with Crippen molar-refractivity contribution in [3.05, 3.63) is 148 Å². The summed E-state index contributed by atoms with van der Waals surface area (Å²) in [6, 6.07) is 28.6. The standard InChI is InChI=1S/C17H20BNO2.C16H11BrN2.C5H3Br2N/c1-16(2)17(3,4)21-18(20-16)15-9-5-7-13(11-15)14-8-6-10-19-12-14;17-16-8-15(10-19-11-16)13-4-1-3-12(7-13)14-5-2-6-18-9-14;6-4-1-5(7)3-8-2-4/h5-12H,1-4H3;1-11H;1-3H. The summed E-state index contributed by atoms with van der Waals surface area (Å²) in [4.78, 5) is 16.4. The van der Waals surface area contributed by atoms with Crippen molar-refractivity contribution in [3.8, 4) is 33.4 Å². The fourth-order valence-corrected chi connectivity index (χ4v) is 6.15. The van der Waals surface area contributed by atoms with Crippen LogP contribution in [-0.2, 0) is 9.31 Å². The van der Waals surface area contributed by atoms with E-state index in [0.29, 0.717) is 0 Å². The molecule has 6 aromatic rings. The lowest BCUT2D eigenvalue weighted by atomic mass is 9.78. The van der Waals surface area contributed by atoms with Crippen molar-refractivity contribution in [3.63, 3.8) is 0 Å². The van der Waals surface area contributed by atoms with Crippen LogP contribution in [-0.4, -0.2) is 38.3 Å². The summed E-state index contributed by atoms with van der Waals surface area (Å²) in [6.07, 6.45) is 14.4. The number of nitrogens with zero attached hydrogens (tertiary/aromatic N) is 4. The quantitative estimate of drug-likeness (QED) is 0.165. The molecule has 0 amide bonds. The van der Waals surface area contributed by atoms with E-state index in [0.717, 1.165) is 52.3 Å². The number of rotatable bonds is 4. The minimum Gasteiger partial charge on any atom is -0.399 e. The van der Waals surface area contributed by atoms with Crippen molar-refractivity contribution in [2.24, 2.45) is 0 Å². The van der Waals surface area contributed by atoms with Crippen molar-refractivity contribution < 1.29 is 9.31 Å². The van der Waals surface area contributed by atoms with Gasteiger partial charge in [0.15, 0.2) is 0 Å². The van der Waals surface area contributed by atoms with E-state index in [1.807, 2.05) is 48.9 Å². The van der Waals surface area contributed by atoms with Crippen LogP contribution < -0.4 is 5.46 Å². The van der Waals surface area contributed by atoms with Gasteiger partial charge in [-0.15, -0.1) is 0 Å². The van der Waals surface area contributed by atoms with Crippen LogP contribution in [0.2, 0.25) is 0 Å². The van der Waals surface area contributed by atoms with E-state index in [-0.39, 0.29) is 18.3 Å². The van der Waals surface area contributed by atoms with E-state index < -0.39 is 0 Å². The molecule has 7 rings (SSSR count). The third-order valence-electron chi connectivity index (χ3n) is 7.97. The lowest BCUT2D eigenvalue weighted by molar-refractivity contribution is 0.00578. The van der Waals surface area contributed by atoms with E-state index in [1.54, 1.807) is 31.0 Å². The van der Waals surface area contributed by atoms with Crippen molar-refractivity contribution in [1.29, 1.82) is 0 Å². The predicted octanol–water partition coefficient (Wildman–Crippen LogP) is 10.2. The Kier molecular flexibility index (Phi) is 12.1. The molecule has 0 saturated carbocycles. The lowest BCUT2D eigenvalue weighted by Crippen LogP contribution is -2.41. The van der Waals surface area contributed by atoms with Gasteiger partial charge in [0, 0.05) is 74.1 Å². The predicted molar refractivity (Wildman–Crippen MR) is 206 cm³/mol. The minimum atomic E-state index is -0.327. The van der Waals surface area contributed by atoms with Crippen molar-refractivity contribution in [1.82, 2.24) is 19.9 Å². The summed E-state index contributed by atoms with van der Waals surface area (Å²) in [7, 11) is -0.327. The SMILES string of the molecule is Brc1cncc(-c2cccc(-c3cccnc3)c2)c1.Brc1cncc(Br)c1.CC1(C)OB(c2cccc(-c3cccnc3)c2)OC1(C)C. The molecule has 1 aliphatic rings. The molecule has 1 saturated heterocycles. The number of aromatic nitrogens is 4. The van der Waals surface area contributed by atoms with Gasteiger partial charge in [0.2, 0.25) is 0 Å². The van der Waals surface area contributed by atoms with Gasteiger partial charge in [-0.2, -0.15) is 0 Å². The molecule has 0 N–H and O–H groups in total. The maximum atomic E-state index is 6.10. The van der Waals surface area contributed by atoms with E-state index in [2.05, 4.69) is 150 Å². The molecular weight excluding hydrogens is 795 g/mol. The van der Waals surface area contributed by atoms with Crippen LogP contribution in [0.1, 0.15) is 27.7 Å². The summed E-state index contributed by atoms with van der Waals surface area (Å²) in [5, 5.41) is 0. The van der Waals surface area contributed by atoms with Gasteiger partial charge in [-0.3, -0.25) is 19.9 Å². The number of halogens is 3.